The second kappa shape index (κ2) is 4.68. The SMILES string of the molecule is N#Cc1cccc(NC(=O)c2sccc2N)c1. The molecule has 0 atom stereocenters. The molecule has 2 aromatic rings. The van der Waals surface area contributed by atoms with Crippen molar-refractivity contribution in [3.63, 3.8) is 0 Å². The summed E-state index contributed by atoms with van der Waals surface area (Å²) in [5.41, 5.74) is 7.20. The molecule has 1 amide bonds. The molecule has 1 aromatic carbocycles. The van der Waals surface area contributed by atoms with Gasteiger partial charge in [-0.15, -0.1) is 11.3 Å². The van der Waals surface area contributed by atoms with Crippen LogP contribution in [0.2, 0.25) is 0 Å². The lowest BCUT2D eigenvalue weighted by Gasteiger charge is -2.04. The average Bonchev–Trinajstić information content (AvgIpc) is 2.76. The molecular formula is C12H9N3OS. The fraction of sp³-hybridized carbons (Fsp3) is 0. The number of anilines is 2. The molecule has 2 rings (SSSR count). The number of benzene rings is 1. The smallest absolute Gasteiger partial charge is 0.267 e. The molecule has 84 valence electrons. The first kappa shape index (κ1) is 11.2. The van der Waals surface area contributed by atoms with Gasteiger partial charge in [0.2, 0.25) is 0 Å². The van der Waals surface area contributed by atoms with Crippen molar-refractivity contribution >= 4 is 28.6 Å². The van der Waals surface area contributed by atoms with Crippen LogP contribution in [0, 0.1) is 11.3 Å². The highest BCUT2D eigenvalue weighted by Crippen LogP contribution is 2.20. The quantitative estimate of drug-likeness (QED) is 0.850. The lowest BCUT2D eigenvalue weighted by molar-refractivity contribution is 0.103. The van der Waals surface area contributed by atoms with Crippen LogP contribution in [0.1, 0.15) is 15.2 Å². The summed E-state index contributed by atoms with van der Waals surface area (Å²) < 4.78 is 0. The number of hydrogen-bond donors (Lipinski definition) is 2. The number of rotatable bonds is 2. The third-order valence-corrected chi connectivity index (χ3v) is 3.08. The van der Waals surface area contributed by atoms with E-state index in [1.54, 1.807) is 35.7 Å². The van der Waals surface area contributed by atoms with Gasteiger partial charge in [0, 0.05) is 5.69 Å². The molecule has 17 heavy (non-hydrogen) atoms. The number of nitrogens with two attached hydrogens (primary N) is 1. The molecule has 0 aliphatic heterocycles. The first-order valence-corrected chi connectivity index (χ1v) is 5.73. The van der Waals surface area contributed by atoms with Gasteiger partial charge in [0.15, 0.2) is 0 Å². The van der Waals surface area contributed by atoms with Crippen molar-refractivity contribution in [1.29, 1.82) is 5.26 Å². The molecule has 0 aliphatic carbocycles. The number of carbonyl (C=O) groups is 1. The Kier molecular flexibility index (Phi) is 3.08. The number of nitrogens with one attached hydrogen (secondary N) is 1. The van der Waals surface area contributed by atoms with E-state index < -0.39 is 0 Å². The van der Waals surface area contributed by atoms with E-state index in [1.807, 2.05) is 6.07 Å². The van der Waals surface area contributed by atoms with Crippen LogP contribution >= 0.6 is 11.3 Å². The summed E-state index contributed by atoms with van der Waals surface area (Å²) in [5.74, 6) is -0.257. The summed E-state index contributed by atoms with van der Waals surface area (Å²) in [5, 5.41) is 13.2. The second-order valence-electron chi connectivity index (χ2n) is 3.35. The Hall–Kier alpha value is -2.32. The highest BCUT2D eigenvalue weighted by molar-refractivity contribution is 7.12. The summed E-state index contributed by atoms with van der Waals surface area (Å²) in [4.78, 5) is 12.3. The largest absolute Gasteiger partial charge is 0.397 e. The van der Waals surface area contributed by atoms with Gasteiger partial charge in [-0.25, -0.2) is 0 Å². The summed E-state index contributed by atoms with van der Waals surface area (Å²) in [6.07, 6.45) is 0. The summed E-state index contributed by atoms with van der Waals surface area (Å²) in [6.45, 7) is 0. The van der Waals surface area contributed by atoms with Crippen LogP contribution in [0.4, 0.5) is 11.4 Å². The van der Waals surface area contributed by atoms with Crippen molar-refractivity contribution in [2.75, 3.05) is 11.1 Å². The number of carbonyl (C=O) groups excluding carboxylic acids is 1. The molecule has 4 nitrogen and oxygen atoms in total. The lowest BCUT2D eigenvalue weighted by Crippen LogP contribution is -2.11. The Morgan fingerprint density at radius 3 is 2.88 bits per heavy atom. The van der Waals surface area contributed by atoms with Gasteiger partial charge < -0.3 is 11.1 Å². The predicted octanol–water partition coefficient (Wildman–Crippen LogP) is 2.45. The Balaban J connectivity index is 2.19. The highest BCUT2D eigenvalue weighted by Gasteiger charge is 2.11. The van der Waals surface area contributed by atoms with Crippen molar-refractivity contribution < 1.29 is 4.79 Å². The normalized spacial score (nSPS) is 9.59. The molecule has 3 N–H and O–H groups in total. The second-order valence-corrected chi connectivity index (χ2v) is 4.27. The maximum atomic E-state index is 11.8. The standard InChI is InChI=1S/C12H9N3OS/c13-7-8-2-1-3-9(6-8)15-12(16)11-10(14)4-5-17-11/h1-6H,14H2,(H,15,16). The highest BCUT2D eigenvalue weighted by atomic mass is 32.1. The Morgan fingerprint density at radius 1 is 1.41 bits per heavy atom. The van der Waals surface area contributed by atoms with Gasteiger partial charge in [0.05, 0.1) is 17.3 Å². The van der Waals surface area contributed by atoms with Crippen LogP contribution in [-0.2, 0) is 0 Å². The van der Waals surface area contributed by atoms with Gasteiger partial charge in [-0.2, -0.15) is 5.26 Å². The monoisotopic (exact) mass is 243 g/mol. The molecule has 0 unspecified atom stereocenters. The zero-order chi connectivity index (χ0) is 12.3. The zero-order valence-electron chi connectivity index (χ0n) is 8.81. The molecule has 0 radical (unpaired) electrons. The van der Waals surface area contributed by atoms with Gasteiger partial charge in [-0.3, -0.25) is 4.79 Å². The van der Waals surface area contributed by atoms with Crippen LogP contribution in [0.5, 0.6) is 0 Å². The predicted molar refractivity (Wildman–Crippen MR) is 67.8 cm³/mol. The van der Waals surface area contributed by atoms with E-state index >= 15 is 0 Å². The molecule has 0 bridgehead atoms. The Labute approximate surface area is 102 Å². The first-order chi connectivity index (χ1) is 8.20. The van der Waals surface area contributed by atoms with Gasteiger partial charge in [-0.1, -0.05) is 6.07 Å². The van der Waals surface area contributed by atoms with Crippen LogP contribution in [0.25, 0.3) is 0 Å². The van der Waals surface area contributed by atoms with Crippen molar-refractivity contribution in [3.8, 4) is 6.07 Å². The third kappa shape index (κ3) is 2.44. The number of hydrogen-bond acceptors (Lipinski definition) is 4. The van der Waals surface area contributed by atoms with Gasteiger partial charge in [0.1, 0.15) is 4.88 Å². The fourth-order valence-corrected chi connectivity index (χ4v) is 2.07. The summed E-state index contributed by atoms with van der Waals surface area (Å²) >= 11 is 1.28. The van der Waals surface area contributed by atoms with E-state index in [2.05, 4.69) is 5.32 Å². The Bertz CT molecular complexity index is 598. The Morgan fingerprint density at radius 2 is 2.24 bits per heavy atom. The number of nitrogen functional groups attached to an aromatic ring is 1. The number of thiophene rings is 1. The number of nitriles is 1. The van der Waals surface area contributed by atoms with E-state index in [4.69, 9.17) is 11.0 Å². The van der Waals surface area contributed by atoms with Crippen molar-refractivity contribution in [2.45, 2.75) is 0 Å². The minimum atomic E-state index is -0.257. The van der Waals surface area contributed by atoms with Gasteiger partial charge in [-0.05, 0) is 29.6 Å². The van der Waals surface area contributed by atoms with Gasteiger partial charge in [0.25, 0.3) is 5.91 Å². The number of nitrogens with zero attached hydrogens (tertiary/aromatic N) is 1. The average molecular weight is 243 g/mol. The fourth-order valence-electron chi connectivity index (χ4n) is 1.36. The van der Waals surface area contributed by atoms with Crippen LogP contribution in [0.15, 0.2) is 35.7 Å². The summed E-state index contributed by atoms with van der Waals surface area (Å²) in [7, 11) is 0. The van der Waals surface area contributed by atoms with E-state index in [-0.39, 0.29) is 5.91 Å². The van der Waals surface area contributed by atoms with Crippen molar-refractivity contribution in [2.24, 2.45) is 0 Å². The van der Waals surface area contributed by atoms with Crippen LogP contribution in [-0.4, -0.2) is 5.91 Å². The third-order valence-electron chi connectivity index (χ3n) is 2.15. The molecular weight excluding hydrogens is 234 g/mol. The zero-order valence-corrected chi connectivity index (χ0v) is 9.62. The molecule has 1 aromatic heterocycles. The van der Waals surface area contributed by atoms with Crippen molar-refractivity contribution in [1.82, 2.24) is 0 Å². The number of amides is 1. The molecule has 1 heterocycles. The minimum Gasteiger partial charge on any atom is -0.397 e. The summed E-state index contributed by atoms with van der Waals surface area (Å²) in [6, 6.07) is 10.4. The minimum absolute atomic E-state index is 0.257. The van der Waals surface area contributed by atoms with E-state index in [1.165, 1.54) is 11.3 Å². The van der Waals surface area contributed by atoms with Crippen molar-refractivity contribution in [3.05, 3.63) is 46.2 Å². The molecule has 0 aliphatic rings. The molecule has 0 spiro atoms. The molecule has 0 fully saturated rings. The van der Waals surface area contributed by atoms with Crippen LogP contribution in [0.3, 0.4) is 0 Å². The molecule has 5 heteroatoms. The topological polar surface area (TPSA) is 78.9 Å². The first-order valence-electron chi connectivity index (χ1n) is 4.85. The van der Waals surface area contributed by atoms with E-state index in [0.29, 0.717) is 21.8 Å². The molecule has 0 saturated carbocycles. The molecule has 0 saturated heterocycles. The van der Waals surface area contributed by atoms with E-state index in [0.717, 1.165) is 0 Å². The van der Waals surface area contributed by atoms with E-state index in [9.17, 15) is 4.79 Å². The van der Waals surface area contributed by atoms with Gasteiger partial charge >= 0.3 is 0 Å². The maximum absolute atomic E-state index is 11.8. The lowest BCUT2D eigenvalue weighted by atomic mass is 10.2. The maximum Gasteiger partial charge on any atom is 0.267 e. The van der Waals surface area contributed by atoms with Crippen LogP contribution < -0.4 is 11.1 Å².